The number of carboxylic acids is 1. The number of carboxylic acid groups (broad SMARTS) is 1. The van der Waals surface area contributed by atoms with Gasteiger partial charge in [-0.2, -0.15) is 0 Å². The first-order valence-corrected chi connectivity index (χ1v) is 6.52. The van der Waals surface area contributed by atoms with Gasteiger partial charge < -0.3 is 14.9 Å². The van der Waals surface area contributed by atoms with Gasteiger partial charge in [-0.3, -0.25) is 0 Å². The van der Waals surface area contributed by atoms with Crippen molar-refractivity contribution in [3.63, 3.8) is 0 Å². The third kappa shape index (κ3) is 3.70. The molecule has 4 heteroatoms. The van der Waals surface area contributed by atoms with Crippen molar-refractivity contribution in [2.24, 2.45) is 5.92 Å². The minimum Gasteiger partial charge on any atom is -0.497 e. The van der Waals surface area contributed by atoms with Crippen LogP contribution in [0, 0.1) is 5.92 Å². The summed E-state index contributed by atoms with van der Waals surface area (Å²) in [6, 6.07) is 7.67. The minimum absolute atomic E-state index is 0.214. The van der Waals surface area contributed by atoms with Gasteiger partial charge in [0.15, 0.2) is 5.60 Å². The number of aliphatic hydroxyl groups is 1. The molecule has 2 N–H and O–H groups in total. The average Bonchev–Trinajstić information content (AvgIpc) is 2.44. The van der Waals surface area contributed by atoms with Gasteiger partial charge in [-0.25, -0.2) is 4.79 Å². The van der Waals surface area contributed by atoms with Crippen LogP contribution in [0.25, 0.3) is 0 Å². The lowest BCUT2D eigenvalue weighted by Gasteiger charge is -2.28. The Morgan fingerprint density at radius 2 is 1.95 bits per heavy atom. The van der Waals surface area contributed by atoms with Crippen LogP contribution in [0.15, 0.2) is 24.3 Å². The van der Waals surface area contributed by atoms with Gasteiger partial charge in [0.2, 0.25) is 0 Å². The summed E-state index contributed by atoms with van der Waals surface area (Å²) in [5.74, 6) is -0.637. The Hall–Kier alpha value is -1.55. The maximum absolute atomic E-state index is 11.1. The maximum atomic E-state index is 11.1. The number of benzene rings is 1. The number of hydrogen-bond donors (Lipinski definition) is 2. The Balaban J connectivity index is 2.62. The van der Waals surface area contributed by atoms with E-state index >= 15 is 0 Å². The van der Waals surface area contributed by atoms with Crippen molar-refractivity contribution in [3.8, 4) is 5.75 Å². The predicted octanol–water partition coefficient (Wildman–Crippen LogP) is 2.49. The molecule has 1 rings (SSSR count). The van der Waals surface area contributed by atoms with Crippen LogP contribution >= 0.6 is 0 Å². The standard InChI is InChI=1S/C15H22O4/c1-4-15(18,14(16)17)11(2)5-6-12-7-9-13(19-3)10-8-12/h7-11,18H,4-6H2,1-3H3,(H,16,17). The summed E-state index contributed by atoms with van der Waals surface area (Å²) in [4.78, 5) is 11.1. The molecule has 0 saturated heterocycles. The fourth-order valence-corrected chi connectivity index (χ4v) is 2.12. The first kappa shape index (κ1) is 15.5. The average molecular weight is 266 g/mol. The van der Waals surface area contributed by atoms with Crippen LogP contribution in [-0.2, 0) is 11.2 Å². The zero-order valence-electron chi connectivity index (χ0n) is 11.7. The lowest BCUT2D eigenvalue weighted by atomic mass is 9.82. The highest BCUT2D eigenvalue weighted by molar-refractivity contribution is 5.77. The highest BCUT2D eigenvalue weighted by atomic mass is 16.5. The third-order valence-electron chi connectivity index (χ3n) is 3.75. The molecule has 1 aromatic carbocycles. The number of ether oxygens (including phenoxy) is 1. The summed E-state index contributed by atoms with van der Waals surface area (Å²) in [5, 5.41) is 19.2. The Labute approximate surface area is 114 Å². The second-order valence-electron chi connectivity index (χ2n) is 4.87. The molecular weight excluding hydrogens is 244 g/mol. The van der Waals surface area contributed by atoms with Crippen molar-refractivity contribution in [2.75, 3.05) is 7.11 Å². The highest BCUT2D eigenvalue weighted by Gasteiger charge is 2.39. The van der Waals surface area contributed by atoms with Crippen LogP contribution in [0.1, 0.15) is 32.3 Å². The fraction of sp³-hybridized carbons (Fsp3) is 0.533. The zero-order chi connectivity index (χ0) is 14.5. The Morgan fingerprint density at radius 1 is 1.37 bits per heavy atom. The zero-order valence-corrected chi connectivity index (χ0v) is 11.7. The van der Waals surface area contributed by atoms with E-state index in [-0.39, 0.29) is 12.3 Å². The van der Waals surface area contributed by atoms with E-state index < -0.39 is 11.6 Å². The number of methoxy groups -OCH3 is 1. The van der Waals surface area contributed by atoms with Gasteiger partial charge in [0.1, 0.15) is 5.75 Å². The molecule has 0 aliphatic rings. The molecule has 0 amide bonds. The maximum Gasteiger partial charge on any atom is 0.335 e. The van der Waals surface area contributed by atoms with Crippen LogP contribution in [0.4, 0.5) is 0 Å². The molecule has 0 bridgehead atoms. The van der Waals surface area contributed by atoms with Crippen LogP contribution in [0.5, 0.6) is 5.75 Å². The van der Waals surface area contributed by atoms with E-state index in [1.165, 1.54) is 0 Å². The molecule has 106 valence electrons. The largest absolute Gasteiger partial charge is 0.497 e. The minimum atomic E-state index is -1.63. The molecule has 0 saturated carbocycles. The van der Waals surface area contributed by atoms with Crippen molar-refractivity contribution in [1.29, 1.82) is 0 Å². The van der Waals surface area contributed by atoms with E-state index in [4.69, 9.17) is 9.84 Å². The molecule has 0 fully saturated rings. The van der Waals surface area contributed by atoms with Gasteiger partial charge in [0.05, 0.1) is 7.11 Å². The molecule has 4 nitrogen and oxygen atoms in total. The van der Waals surface area contributed by atoms with E-state index in [9.17, 15) is 9.90 Å². The number of rotatable bonds is 7. The topological polar surface area (TPSA) is 66.8 Å². The second-order valence-corrected chi connectivity index (χ2v) is 4.87. The van der Waals surface area contributed by atoms with Gasteiger partial charge in [-0.15, -0.1) is 0 Å². The lowest BCUT2D eigenvalue weighted by molar-refractivity contribution is -0.165. The summed E-state index contributed by atoms with van der Waals surface area (Å²) in [6.07, 6.45) is 1.58. The number of aliphatic carboxylic acids is 1. The van der Waals surface area contributed by atoms with Gasteiger partial charge in [0, 0.05) is 0 Å². The molecule has 0 spiro atoms. The van der Waals surface area contributed by atoms with Gasteiger partial charge >= 0.3 is 5.97 Å². The van der Waals surface area contributed by atoms with E-state index in [2.05, 4.69) is 0 Å². The van der Waals surface area contributed by atoms with Crippen LogP contribution < -0.4 is 4.74 Å². The van der Waals surface area contributed by atoms with Crippen LogP contribution in [0.3, 0.4) is 0 Å². The van der Waals surface area contributed by atoms with Gasteiger partial charge in [0.25, 0.3) is 0 Å². The van der Waals surface area contributed by atoms with Crippen molar-refractivity contribution in [2.45, 2.75) is 38.7 Å². The molecule has 0 aliphatic heterocycles. The Kier molecular flexibility index (Phi) is 5.36. The summed E-state index contributed by atoms with van der Waals surface area (Å²) in [7, 11) is 1.62. The van der Waals surface area contributed by atoms with Crippen LogP contribution in [-0.4, -0.2) is 28.9 Å². The van der Waals surface area contributed by atoms with E-state index in [0.29, 0.717) is 6.42 Å². The first-order chi connectivity index (χ1) is 8.93. The molecule has 0 heterocycles. The van der Waals surface area contributed by atoms with E-state index in [1.807, 2.05) is 24.3 Å². The van der Waals surface area contributed by atoms with Gasteiger partial charge in [-0.1, -0.05) is 26.0 Å². The molecule has 19 heavy (non-hydrogen) atoms. The molecule has 0 aromatic heterocycles. The normalized spacial score (nSPS) is 15.6. The summed E-state index contributed by atoms with van der Waals surface area (Å²) >= 11 is 0. The molecule has 2 unspecified atom stereocenters. The quantitative estimate of drug-likeness (QED) is 0.795. The smallest absolute Gasteiger partial charge is 0.335 e. The third-order valence-corrected chi connectivity index (χ3v) is 3.75. The van der Waals surface area contributed by atoms with Gasteiger partial charge in [-0.05, 0) is 42.9 Å². The first-order valence-electron chi connectivity index (χ1n) is 6.52. The number of carbonyl (C=O) groups is 1. The summed E-state index contributed by atoms with van der Waals surface area (Å²) < 4.78 is 5.08. The van der Waals surface area contributed by atoms with Crippen molar-refractivity contribution >= 4 is 5.97 Å². The fourth-order valence-electron chi connectivity index (χ4n) is 2.12. The lowest BCUT2D eigenvalue weighted by Crippen LogP contribution is -2.44. The molecular formula is C15H22O4. The SMILES string of the molecule is CCC(O)(C(=O)O)C(C)CCc1ccc(OC)cc1. The number of aryl methyl sites for hydroxylation is 1. The Morgan fingerprint density at radius 3 is 2.37 bits per heavy atom. The molecule has 0 aliphatic carbocycles. The van der Waals surface area contributed by atoms with E-state index in [1.54, 1.807) is 21.0 Å². The van der Waals surface area contributed by atoms with Crippen molar-refractivity contribution in [3.05, 3.63) is 29.8 Å². The molecule has 0 radical (unpaired) electrons. The monoisotopic (exact) mass is 266 g/mol. The predicted molar refractivity (Wildman–Crippen MR) is 73.4 cm³/mol. The Bertz CT molecular complexity index is 413. The van der Waals surface area contributed by atoms with Crippen molar-refractivity contribution < 1.29 is 19.7 Å². The second kappa shape index (κ2) is 6.57. The highest BCUT2D eigenvalue weighted by Crippen LogP contribution is 2.26. The molecule has 2 atom stereocenters. The number of hydrogen-bond acceptors (Lipinski definition) is 3. The summed E-state index contributed by atoms with van der Waals surface area (Å²) in [6.45, 7) is 3.47. The van der Waals surface area contributed by atoms with Crippen molar-refractivity contribution in [1.82, 2.24) is 0 Å². The summed E-state index contributed by atoms with van der Waals surface area (Å²) in [5.41, 5.74) is -0.525. The van der Waals surface area contributed by atoms with E-state index in [0.717, 1.165) is 17.7 Å². The molecule has 1 aromatic rings. The van der Waals surface area contributed by atoms with Crippen LogP contribution in [0.2, 0.25) is 0 Å².